The number of nitrogens with zero attached hydrogens (tertiary/aromatic N) is 3. The number of rotatable bonds is 6. The summed E-state index contributed by atoms with van der Waals surface area (Å²) >= 11 is 1.43. The van der Waals surface area contributed by atoms with Crippen LogP contribution in [-0.4, -0.2) is 22.0 Å². The van der Waals surface area contributed by atoms with Crippen molar-refractivity contribution in [3.05, 3.63) is 94.9 Å². The summed E-state index contributed by atoms with van der Waals surface area (Å²) in [4.78, 5) is 33.0. The van der Waals surface area contributed by atoms with Gasteiger partial charge < -0.3 is 4.90 Å². The Morgan fingerprint density at radius 1 is 1.17 bits per heavy atom. The van der Waals surface area contributed by atoms with Crippen LogP contribution in [0.5, 0.6) is 0 Å². The molecular weight excluding hydrogens is 394 g/mol. The van der Waals surface area contributed by atoms with Gasteiger partial charge in [0.1, 0.15) is 11.4 Å². The summed E-state index contributed by atoms with van der Waals surface area (Å²) in [6.07, 6.45) is 3.12. The molecule has 0 radical (unpaired) electrons. The third-order valence-electron chi connectivity index (χ3n) is 4.91. The Labute approximate surface area is 178 Å². The van der Waals surface area contributed by atoms with Gasteiger partial charge in [0, 0.05) is 23.2 Å². The molecule has 1 amide bonds. The third-order valence-corrected chi connectivity index (χ3v) is 5.80. The molecule has 4 rings (SSSR count). The number of hydrogen-bond acceptors (Lipinski definition) is 4. The third kappa shape index (κ3) is 3.82. The minimum Gasteiger partial charge on any atom is -0.307 e. The van der Waals surface area contributed by atoms with Crippen molar-refractivity contribution in [1.29, 1.82) is 0 Å². The lowest BCUT2D eigenvalue weighted by Gasteiger charge is -2.21. The number of amides is 1. The largest absolute Gasteiger partial charge is 0.307 e. The first-order chi connectivity index (χ1) is 14.6. The fourth-order valence-corrected chi connectivity index (χ4v) is 4.25. The number of para-hydroxylation sites is 1. The van der Waals surface area contributed by atoms with Crippen LogP contribution < -0.4 is 10.5 Å². The van der Waals surface area contributed by atoms with Gasteiger partial charge >= 0.3 is 0 Å². The van der Waals surface area contributed by atoms with Crippen LogP contribution in [0.3, 0.4) is 0 Å². The van der Waals surface area contributed by atoms with Crippen LogP contribution in [0.15, 0.2) is 83.8 Å². The average Bonchev–Trinajstić information content (AvgIpc) is 3.20. The zero-order valence-corrected chi connectivity index (χ0v) is 17.4. The van der Waals surface area contributed by atoms with Crippen LogP contribution in [0, 0.1) is 6.92 Å². The van der Waals surface area contributed by atoms with Gasteiger partial charge in [0.25, 0.3) is 5.56 Å². The Kier molecular flexibility index (Phi) is 5.59. The van der Waals surface area contributed by atoms with E-state index in [1.165, 1.54) is 22.2 Å². The molecule has 0 unspecified atom stereocenters. The second-order valence-electron chi connectivity index (χ2n) is 7.00. The van der Waals surface area contributed by atoms with Crippen molar-refractivity contribution in [2.24, 2.45) is 0 Å². The predicted molar refractivity (Wildman–Crippen MR) is 123 cm³/mol. The highest BCUT2D eigenvalue weighted by molar-refractivity contribution is 7.17. The predicted octanol–water partition coefficient (Wildman–Crippen LogP) is 4.65. The van der Waals surface area contributed by atoms with Crippen molar-refractivity contribution in [3.8, 4) is 11.1 Å². The van der Waals surface area contributed by atoms with Crippen molar-refractivity contribution in [2.75, 3.05) is 11.4 Å². The molecule has 6 heteroatoms. The lowest BCUT2D eigenvalue weighted by molar-refractivity contribution is -0.119. The van der Waals surface area contributed by atoms with E-state index in [9.17, 15) is 9.59 Å². The molecule has 30 heavy (non-hydrogen) atoms. The van der Waals surface area contributed by atoms with Crippen LogP contribution in [0.4, 0.5) is 5.69 Å². The lowest BCUT2D eigenvalue weighted by Crippen LogP contribution is -2.36. The maximum absolute atomic E-state index is 13.2. The molecule has 2 heterocycles. The molecular formula is C24H21N3O2S. The maximum Gasteiger partial charge on any atom is 0.263 e. The molecule has 0 aliphatic rings. The van der Waals surface area contributed by atoms with E-state index in [4.69, 9.17) is 0 Å². The topological polar surface area (TPSA) is 55.2 Å². The highest BCUT2D eigenvalue weighted by atomic mass is 32.1. The van der Waals surface area contributed by atoms with Crippen LogP contribution in [0.25, 0.3) is 21.3 Å². The zero-order valence-electron chi connectivity index (χ0n) is 16.6. The SMILES string of the molecule is C=CCN(C(=O)Cn1cnc2scc(-c3ccc(C)cc3)c2c1=O)c1ccccc1. The van der Waals surface area contributed by atoms with Crippen molar-refractivity contribution >= 4 is 33.1 Å². The molecule has 0 spiro atoms. The minimum atomic E-state index is -0.211. The molecule has 2 aromatic carbocycles. The van der Waals surface area contributed by atoms with E-state index in [1.54, 1.807) is 11.0 Å². The molecule has 0 bridgehead atoms. The van der Waals surface area contributed by atoms with Crippen molar-refractivity contribution in [1.82, 2.24) is 9.55 Å². The molecule has 5 nitrogen and oxygen atoms in total. The van der Waals surface area contributed by atoms with Gasteiger partial charge in [0.2, 0.25) is 5.91 Å². The van der Waals surface area contributed by atoms with E-state index in [2.05, 4.69) is 11.6 Å². The van der Waals surface area contributed by atoms with E-state index in [0.29, 0.717) is 16.8 Å². The molecule has 0 atom stereocenters. The first kappa shape index (κ1) is 19.8. The number of carbonyl (C=O) groups excluding carboxylic acids is 1. The van der Waals surface area contributed by atoms with Gasteiger partial charge in [0.05, 0.1) is 11.7 Å². The van der Waals surface area contributed by atoms with Crippen molar-refractivity contribution in [3.63, 3.8) is 0 Å². The highest BCUT2D eigenvalue weighted by Gasteiger charge is 2.18. The monoisotopic (exact) mass is 415 g/mol. The van der Waals surface area contributed by atoms with E-state index >= 15 is 0 Å². The normalized spacial score (nSPS) is 10.8. The number of fused-ring (bicyclic) bond motifs is 1. The molecule has 0 aliphatic heterocycles. The number of hydrogen-bond donors (Lipinski definition) is 0. The van der Waals surface area contributed by atoms with Gasteiger partial charge in [-0.05, 0) is 24.6 Å². The summed E-state index contributed by atoms with van der Waals surface area (Å²) in [6, 6.07) is 17.4. The van der Waals surface area contributed by atoms with Crippen LogP contribution in [0.1, 0.15) is 5.56 Å². The second-order valence-corrected chi connectivity index (χ2v) is 7.86. The summed E-state index contributed by atoms with van der Waals surface area (Å²) in [5.41, 5.74) is 3.52. The molecule has 0 saturated heterocycles. The Hall–Kier alpha value is -3.51. The molecule has 0 fully saturated rings. The summed E-state index contributed by atoms with van der Waals surface area (Å²) in [6.45, 7) is 6.04. The van der Waals surface area contributed by atoms with Crippen LogP contribution in [0.2, 0.25) is 0 Å². The number of aryl methyl sites for hydroxylation is 1. The summed E-state index contributed by atoms with van der Waals surface area (Å²) in [5, 5.41) is 2.50. The molecule has 2 aromatic heterocycles. The van der Waals surface area contributed by atoms with Gasteiger partial charge in [-0.2, -0.15) is 0 Å². The zero-order chi connectivity index (χ0) is 21.1. The van der Waals surface area contributed by atoms with E-state index < -0.39 is 0 Å². The molecule has 0 N–H and O–H groups in total. The Morgan fingerprint density at radius 3 is 2.60 bits per heavy atom. The average molecular weight is 416 g/mol. The standard InChI is InChI=1S/C24H21N3O2S/c1-3-13-27(19-7-5-4-6-8-19)21(28)14-26-16-25-23-22(24(26)29)20(15-30-23)18-11-9-17(2)10-12-18/h3-12,15-16H,1,13-14H2,2H3. The van der Waals surface area contributed by atoms with Crippen molar-refractivity contribution in [2.45, 2.75) is 13.5 Å². The molecule has 0 aliphatic carbocycles. The van der Waals surface area contributed by atoms with Crippen molar-refractivity contribution < 1.29 is 4.79 Å². The summed E-state index contributed by atoms with van der Waals surface area (Å²) in [7, 11) is 0. The minimum absolute atomic E-state index is 0.0896. The number of aromatic nitrogens is 2. The van der Waals surface area contributed by atoms with Gasteiger partial charge in [-0.15, -0.1) is 17.9 Å². The number of anilines is 1. The molecule has 0 saturated carbocycles. The van der Waals surface area contributed by atoms with E-state index in [1.807, 2.05) is 66.9 Å². The Bertz CT molecular complexity index is 1260. The Balaban J connectivity index is 1.71. The number of carbonyl (C=O) groups is 1. The van der Waals surface area contributed by atoms with Gasteiger partial charge in [-0.1, -0.05) is 54.1 Å². The molecule has 4 aromatic rings. The first-order valence-corrected chi connectivity index (χ1v) is 10.5. The fourth-order valence-electron chi connectivity index (χ4n) is 3.35. The highest BCUT2D eigenvalue weighted by Crippen LogP contribution is 2.30. The van der Waals surface area contributed by atoms with Crippen LogP contribution >= 0.6 is 11.3 Å². The van der Waals surface area contributed by atoms with Gasteiger partial charge in [-0.25, -0.2) is 4.98 Å². The molecule has 150 valence electrons. The van der Waals surface area contributed by atoms with Crippen LogP contribution in [-0.2, 0) is 11.3 Å². The van der Waals surface area contributed by atoms with Gasteiger partial charge in [0.15, 0.2) is 0 Å². The maximum atomic E-state index is 13.2. The summed E-state index contributed by atoms with van der Waals surface area (Å²) < 4.78 is 1.38. The fraction of sp³-hybridized carbons (Fsp3) is 0.125. The quantitative estimate of drug-likeness (QED) is 0.431. The van der Waals surface area contributed by atoms with Gasteiger partial charge in [-0.3, -0.25) is 14.2 Å². The lowest BCUT2D eigenvalue weighted by atomic mass is 10.1. The smallest absolute Gasteiger partial charge is 0.263 e. The number of thiophene rings is 1. The number of benzene rings is 2. The van der Waals surface area contributed by atoms with E-state index in [0.717, 1.165) is 22.4 Å². The summed E-state index contributed by atoms with van der Waals surface area (Å²) in [5.74, 6) is -0.198. The second kappa shape index (κ2) is 8.47. The first-order valence-electron chi connectivity index (χ1n) is 9.58. The van der Waals surface area contributed by atoms with E-state index in [-0.39, 0.29) is 18.0 Å². The Morgan fingerprint density at radius 2 is 1.90 bits per heavy atom.